The number of benzene rings is 2. The number of carbonyl (C=O) groups is 6. The quantitative estimate of drug-likeness (QED) is 0.0448. The van der Waals surface area contributed by atoms with Gasteiger partial charge in [0.05, 0.1) is 37.5 Å². The fourth-order valence-electron chi connectivity index (χ4n) is 5.61. The van der Waals surface area contributed by atoms with Gasteiger partial charge in [-0.05, 0) is 123 Å². The van der Waals surface area contributed by atoms with Crippen LogP contribution in [0.15, 0.2) is 53.0 Å². The number of primary amides is 2. The predicted octanol–water partition coefficient (Wildman–Crippen LogP) is 9.82. The number of nitrogens with two attached hydrogens (primary N) is 2. The van der Waals surface area contributed by atoms with E-state index in [-0.39, 0.29) is 42.3 Å². The predicted molar refractivity (Wildman–Crippen MR) is 265 cm³/mol. The average Bonchev–Trinajstić information content (AvgIpc) is 3.15. The van der Waals surface area contributed by atoms with Crippen molar-refractivity contribution in [2.45, 2.75) is 190 Å². The van der Waals surface area contributed by atoms with Gasteiger partial charge in [0.2, 0.25) is 11.8 Å². The van der Waals surface area contributed by atoms with Crippen LogP contribution in [-0.2, 0) is 78.8 Å². The summed E-state index contributed by atoms with van der Waals surface area (Å²) in [4.78, 5) is 68.8. The van der Waals surface area contributed by atoms with Gasteiger partial charge in [0.15, 0.2) is 5.97 Å². The van der Waals surface area contributed by atoms with Crippen LogP contribution in [0, 0.1) is 12.3 Å². The van der Waals surface area contributed by atoms with Crippen LogP contribution in [0.3, 0.4) is 0 Å². The number of nitrogens with one attached hydrogen (secondary N) is 2. The molecule has 0 unspecified atom stereocenters. The van der Waals surface area contributed by atoms with Crippen molar-refractivity contribution in [1.82, 2.24) is 10.6 Å². The maximum absolute atomic E-state index is 12.2. The monoisotopic (exact) mass is 1120 g/mol. The summed E-state index contributed by atoms with van der Waals surface area (Å²) >= 11 is 7.64. The Labute approximate surface area is 425 Å². The summed E-state index contributed by atoms with van der Waals surface area (Å²) in [5.74, 6) is -1.11. The van der Waals surface area contributed by atoms with E-state index in [1.807, 2.05) is 62.4 Å². The average molecular weight is 1120 g/mol. The van der Waals surface area contributed by atoms with Gasteiger partial charge in [-0.1, -0.05) is 73.1 Å². The Hall–Kier alpha value is -3.57. The van der Waals surface area contributed by atoms with Crippen molar-refractivity contribution in [2.24, 2.45) is 16.9 Å². The molecule has 4 amide bonds. The summed E-state index contributed by atoms with van der Waals surface area (Å²) in [6.07, 6.45) is 0.216. The van der Waals surface area contributed by atoms with Crippen molar-refractivity contribution < 1.29 is 68.8 Å². The number of ketones is 1. The van der Waals surface area contributed by atoms with E-state index in [0.29, 0.717) is 38.9 Å². The van der Waals surface area contributed by atoms with E-state index in [2.05, 4.69) is 72.6 Å². The van der Waals surface area contributed by atoms with Gasteiger partial charge in [-0.15, -0.1) is 0 Å². The summed E-state index contributed by atoms with van der Waals surface area (Å²) in [6.45, 7) is 29.8. The number of esters is 1. The number of hydrogen-bond acceptors (Lipinski definition) is 11. The van der Waals surface area contributed by atoms with Gasteiger partial charge in [-0.2, -0.15) is 0 Å². The Kier molecular flexibility index (Phi) is 31.6. The van der Waals surface area contributed by atoms with Gasteiger partial charge in [0.25, 0.3) is 0 Å². The molecule has 2 aromatic rings. The first kappa shape index (κ1) is 65.5. The molecule has 0 heterocycles. The van der Waals surface area contributed by atoms with Gasteiger partial charge < -0.3 is 45.8 Å². The molecule has 0 aliphatic heterocycles. The van der Waals surface area contributed by atoms with Gasteiger partial charge >= 0.3 is 42.2 Å². The molecule has 0 aliphatic carbocycles. The van der Waals surface area contributed by atoms with Crippen molar-refractivity contribution in [3.8, 4) is 0 Å². The van der Waals surface area contributed by atoms with Crippen molar-refractivity contribution in [2.75, 3.05) is 0 Å². The molecular formula is C49H78Br2N4O11Zn. The van der Waals surface area contributed by atoms with Gasteiger partial charge in [-0.25, -0.2) is 9.59 Å². The van der Waals surface area contributed by atoms with Crippen LogP contribution in [0.25, 0.3) is 0 Å². The number of ether oxygens (including phenoxy) is 5. The molecule has 376 valence electrons. The van der Waals surface area contributed by atoms with E-state index >= 15 is 0 Å². The van der Waals surface area contributed by atoms with Crippen molar-refractivity contribution in [1.29, 1.82) is 0 Å². The van der Waals surface area contributed by atoms with Crippen LogP contribution < -0.4 is 22.1 Å². The Balaban J connectivity index is 0. The van der Waals surface area contributed by atoms with E-state index in [0.717, 1.165) is 21.2 Å². The van der Waals surface area contributed by atoms with Gasteiger partial charge in [0, 0.05) is 30.2 Å². The van der Waals surface area contributed by atoms with E-state index in [1.165, 1.54) is 16.3 Å². The number of amides is 4. The molecule has 67 heavy (non-hydrogen) atoms. The number of Topliss-reactive ketones (excluding diaryl/α,β-unsaturated/α-hetero) is 1. The first-order chi connectivity index (χ1) is 30.6. The van der Waals surface area contributed by atoms with Crippen LogP contribution in [-0.4, -0.2) is 76.8 Å². The Bertz CT molecular complexity index is 1790. The van der Waals surface area contributed by atoms with Crippen LogP contribution in [0.4, 0.5) is 9.59 Å². The molecule has 0 radical (unpaired) electrons. The first-order valence-electron chi connectivity index (χ1n) is 22.1. The van der Waals surface area contributed by atoms with E-state index in [4.69, 9.17) is 30.4 Å². The second kappa shape index (κ2) is 32.3. The molecule has 4 atom stereocenters. The maximum atomic E-state index is 12.2. The zero-order valence-electron chi connectivity index (χ0n) is 42.4. The molecule has 15 nitrogen and oxygen atoms in total. The normalized spacial score (nSPS) is 13.2. The fraction of sp³-hybridized carbons (Fsp3) is 0.612. The Morgan fingerprint density at radius 1 is 0.597 bits per heavy atom. The number of hydrogen-bond donors (Lipinski definition) is 4. The molecule has 0 bridgehead atoms. The van der Waals surface area contributed by atoms with Crippen LogP contribution in [0.1, 0.15) is 146 Å². The molecule has 0 aromatic heterocycles. The Morgan fingerprint density at radius 3 is 1.21 bits per heavy atom. The van der Waals surface area contributed by atoms with Gasteiger partial charge in [-0.3, -0.25) is 26.1 Å². The van der Waals surface area contributed by atoms with Crippen molar-refractivity contribution in [3.63, 3.8) is 0 Å². The SMILES string of the molecule is C[C@@H](OCc1ccc(Br)cc1)[C@H](CCC(N)=O)NC(=O)OC(C)(C)C.C[C@@H](OCc1ccc(CC(=O)CC(C)(C)C)cc1)[C@H](CCC(N)=O)NC(=O)OC(C)(C)C.[CH2-]C(=O)OC(C)(C)C.[Zn+][Br]. The Morgan fingerprint density at radius 2 is 0.925 bits per heavy atom. The number of alkyl carbamates (subject to hydrolysis) is 2. The molecular weight excluding hydrogens is 1050 g/mol. The molecule has 2 aromatic carbocycles. The second-order valence-corrected chi connectivity index (χ2v) is 20.9. The number of carbonyl (C=O) groups excluding carboxylic acids is 6. The third-order valence-corrected chi connectivity index (χ3v) is 8.98. The summed E-state index contributed by atoms with van der Waals surface area (Å²) in [5, 5.41) is 5.56. The number of rotatable bonds is 19. The van der Waals surface area contributed by atoms with Crippen LogP contribution >= 0.6 is 29.6 Å². The summed E-state index contributed by atoms with van der Waals surface area (Å²) in [7, 11) is 0. The van der Waals surface area contributed by atoms with Crippen molar-refractivity contribution >= 4 is 65.3 Å². The van der Waals surface area contributed by atoms with E-state index in [9.17, 15) is 28.8 Å². The van der Waals surface area contributed by atoms with Crippen LogP contribution in [0.5, 0.6) is 0 Å². The van der Waals surface area contributed by atoms with Crippen LogP contribution in [0.2, 0.25) is 0 Å². The zero-order valence-corrected chi connectivity index (χ0v) is 48.5. The van der Waals surface area contributed by atoms with Gasteiger partial charge in [0.1, 0.15) is 22.6 Å². The fourth-order valence-corrected chi connectivity index (χ4v) is 5.87. The second-order valence-electron chi connectivity index (χ2n) is 20.0. The van der Waals surface area contributed by atoms with E-state index in [1.54, 1.807) is 62.3 Å². The summed E-state index contributed by atoms with van der Waals surface area (Å²) in [5.41, 5.74) is 11.8. The molecule has 18 heteroatoms. The topological polar surface area (TPSA) is 225 Å². The standard InChI is InChI=1S/C25H40N2O5.C18H27BrN2O4.C6H11O2.BrH.Zn/c1-17(21(12-13-22(26)29)27-23(30)32-25(5,6)7)31-16-19-10-8-18(9-11-19)14-20(28)15-24(2,3)4;1-12(24-11-13-5-7-14(19)8-6-13)15(9-10-16(20)22)21-17(23)25-18(2,3)4;1-5(7)8-6(2,3)4;;/h8-11,17,21H,12-16H2,1-7H3,(H2,26,29)(H,27,30);5-8,12,15H,9-11H2,1-4H3,(H2,20,22)(H,21,23);1H2,2-4H3;1H;/q;;-1;;+2/p-1/t17-,21+;12-,15+;;;/m11.../s1. The molecule has 0 fully saturated rings. The summed E-state index contributed by atoms with van der Waals surface area (Å²) in [6, 6.07) is 14.7. The molecule has 2 rings (SSSR count). The molecule has 0 spiro atoms. The molecule has 0 aliphatic rings. The molecule has 6 N–H and O–H groups in total. The third kappa shape index (κ3) is 39.0. The zero-order chi connectivity index (χ0) is 52.3. The minimum absolute atomic E-state index is 0.0145. The molecule has 0 saturated carbocycles. The minimum atomic E-state index is -0.627. The summed E-state index contributed by atoms with van der Waals surface area (Å²) < 4.78 is 28.1. The van der Waals surface area contributed by atoms with E-state index < -0.39 is 52.8 Å². The first-order valence-corrected chi connectivity index (χ1v) is 29.8. The third-order valence-electron chi connectivity index (χ3n) is 8.45. The molecule has 0 saturated heterocycles. The van der Waals surface area contributed by atoms with Crippen molar-refractivity contribution in [3.05, 3.63) is 76.6 Å². The number of halogens is 2.